The lowest BCUT2D eigenvalue weighted by Crippen LogP contribution is -1.99. The van der Waals surface area contributed by atoms with E-state index in [1.807, 2.05) is 18.2 Å². The second-order valence-electron chi connectivity index (χ2n) is 6.05. The molecule has 0 radical (unpaired) electrons. The van der Waals surface area contributed by atoms with Crippen molar-refractivity contribution in [2.75, 3.05) is 6.54 Å². The maximum Gasteiger partial charge on any atom is 0.115 e. The molecule has 3 aromatic carbocycles. The third-order valence-electron chi connectivity index (χ3n) is 4.30. The van der Waals surface area contributed by atoms with Crippen LogP contribution in [0.25, 0.3) is 10.8 Å². The van der Waals surface area contributed by atoms with Gasteiger partial charge in [-0.2, -0.15) is 0 Å². The van der Waals surface area contributed by atoms with E-state index in [1.165, 1.54) is 21.9 Å². The Bertz CT molecular complexity index is 846. The van der Waals surface area contributed by atoms with Gasteiger partial charge in [-0.05, 0) is 41.7 Å². The summed E-state index contributed by atoms with van der Waals surface area (Å²) in [6.07, 6.45) is 1.90. The van der Waals surface area contributed by atoms with Crippen molar-refractivity contribution in [3.8, 4) is 0 Å². The fraction of sp³-hybridized carbons (Fsp3) is 0.227. The number of hydrogen-bond donors (Lipinski definition) is 0. The Morgan fingerprint density at radius 2 is 1.67 bits per heavy atom. The minimum Gasteiger partial charge on any atom is -0.289 e. The molecule has 3 rings (SSSR count). The lowest BCUT2D eigenvalue weighted by atomic mass is 10.0. The van der Waals surface area contributed by atoms with Crippen LogP contribution in [0.2, 0.25) is 0 Å². The van der Waals surface area contributed by atoms with Crippen molar-refractivity contribution in [2.45, 2.75) is 26.4 Å². The smallest absolute Gasteiger partial charge is 0.115 e. The van der Waals surface area contributed by atoms with E-state index in [9.17, 15) is 4.39 Å². The summed E-state index contributed by atoms with van der Waals surface area (Å²) in [6, 6.07) is 22.5. The van der Waals surface area contributed by atoms with Gasteiger partial charge in [0.2, 0.25) is 0 Å². The van der Waals surface area contributed by atoms with Gasteiger partial charge in [0.05, 0.1) is 0 Å². The summed E-state index contributed by atoms with van der Waals surface area (Å²) in [4.78, 5) is 4.74. The highest BCUT2D eigenvalue weighted by Crippen LogP contribution is 2.19. The fourth-order valence-electron chi connectivity index (χ4n) is 3.02. The van der Waals surface area contributed by atoms with Crippen LogP contribution in [0.5, 0.6) is 0 Å². The van der Waals surface area contributed by atoms with E-state index in [2.05, 4.69) is 55.5 Å². The van der Waals surface area contributed by atoms with Crippen LogP contribution in [0.1, 0.15) is 30.0 Å². The number of aliphatic imine (C=N–C) groups is 1. The minimum atomic E-state index is -0.397. The maximum atomic E-state index is 12.7. The van der Waals surface area contributed by atoms with Gasteiger partial charge in [-0.3, -0.25) is 4.99 Å². The standard InChI is InChI=1S/C22H22FN/c1-17(21-13-5-11-20-10-2-3-12-22(20)21)24-14-6-9-18-7-4-8-19(15-18)16-23/h2-5,7-8,10-13,15H,6,9,14,16H2,1H3. The molecule has 0 aromatic heterocycles. The number of rotatable bonds is 6. The molecule has 0 aliphatic rings. The monoisotopic (exact) mass is 319 g/mol. The van der Waals surface area contributed by atoms with Crippen molar-refractivity contribution < 1.29 is 4.39 Å². The largest absolute Gasteiger partial charge is 0.289 e. The quantitative estimate of drug-likeness (QED) is 0.405. The van der Waals surface area contributed by atoms with E-state index < -0.39 is 6.67 Å². The van der Waals surface area contributed by atoms with Gasteiger partial charge in [-0.1, -0.05) is 66.7 Å². The van der Waals surface area contributed by atoms with Gasteiger partial charge in [-0.15, -0.1) is 0 Å². The first kappa shape index (κ1) is 16.4. The Morgan fingerprint density at radius 3 is 2.54 bits per heavy atom. The van der Waals surface area contributed by atoms with Gasteiger partial charge in [0.15, 0.2) is 0 Å². The highest BCUT2D eigenvalue weighted by Gasteiger charge is 2.03. The number of fused-ring (bicyclic) bond motifs is 1. The summed E-state index contributed by atoms with van der Waals surface area (Å²) in [5, 5.41) is 2.49. The van der Waals surface area contributed by atoms with E-state index in [4.69, 9.17) is 4.99 Å². The Balaban J connectivity index is 1.65. The van der Waals surface area contributed by atoms with Crippen molar-refractivity contribution >= 4 is 16.5 Å². The van der Waals surface area contributed by atoms with Crippen LogP contribution in [0.4, 0.5) is 4.39 Å². The SMILES string of the molecule is CC(=NCCCc1cccc(CF)c1)c1cccc2ccccc12. The van der Waals surface area contributed by atoms with E-state index in [0.717, 1.165) is 30.7 Å². The summed E-state index contributed by atoms with van der Waals surface area (Å²) in [5.41, 5.74) is 4.21. The van der Waals surface area contributed by atoms with Crippen LogP contribution < -0.4 is 0 Å². The van der Waals surface area contributed by atoms with Gasteiger partial charge >= 0.3 is 0 Å². The second kappa shape index (κ2) is 7.87. The number of alkyl halides is 1. The Morgan fingerprint density at radius 1 is 0.917 bits per heavy atom. The summed E-state index contributed by atoms with van der Waals surface area (Å²) in [7, 11) is 0. The zero-order valence-electron chi connectivity index (χ0n) is 14.0. The molecular weight excluding hydrogens is 297 g/mol. The molecule has 2 heteroatoms. The third-order valence-corrected chi connectivity index (χ3v) is 4.30. The average molecular weight is 319 g/mol. The molecule has 0 amide bonds. The van der Waals surface area contributed by atoms with Crippen molar-refractivity contribution in [1.29, 1.82) is 0 Å². The normalized spacial score (nSPS) is 11.8. The number of benzene rings is 3. The van der Waals surface area contributed by atoms with Crippen LogP contribution in [0, 0.1) is 0 Å². The first-order valence-corrected chi connectivity index (χ1v) is 8.41. The van der Waals surface area contributed by atoms with Crippen molar-refractivity contribution in [2.24, 2.45) is 4.99 Å². The number of halogens is 1. The van der Waals surface area contributed by atoms with Crippen molar-refractivity contribution in [1.82, 2.24) is 0 Å². The molecular formula is C22H22FN. The van der Waals surface area contributed by atoms with Crippen molar-refractivity contribution in [3.05, 3.63) is 83.4 Å². The molecule has 0 bridgehead atoms. The first-order valence-electron chi connectivity index (χ1n) is 8.41. The minimum absolute atomic E-state index is 0.397. The van der Waals surface area contributed by atoms with Crippen LogP contribution in [0.3, 0.4) is 0 Å². The average Bonchev–Trinajstić information content (AvgIpc) is 2.64. The van der Waals surface area contributed by atoms with E-state index >= 15 is 0 Å². The van der Waals surface area contributed by atoms with Gasteiger partial charge in [0, 0.05) is 17.8 Å². The molecule has 0 unspecified atom stereocenters. The summed E-state index contributed by atoms with van der Waals surface area (Å²) >= 11 is 0. The highest BCUT2D eigenvalue weighted by molar-refractivity contribution is 6.09. The Kier molecular flexibility index (Phi) is 5.37. The van der Waals surface area contributed by atoms with Gasteiger partial charge in [0.1, 0.15) is 6.67 Å². The Labute approximate surface area is 142 Å². The summed E-state index contributed by atoms with van der Waals surface area (Å²) < 4.78 is 12.7. The lowest BCUT2D eigenvalue weighted by molar-refractivity contribution is 0.485. The number of nitrogens with zero attached hydrogens (tertiary/aromatic N) is 1. The maximum absolute atomic E-state index is 12.7. The molecule has 3 aromatic rings. The van der Waals surface area contributed by atoms with Crippen LogP contribution in [0.15, 0.2) is 71.7 Å². The van der Waals surface area contributed by atoms with Gasteiger partial charge in [0.25, 0.3) is 0 Å². The first-order chi connectivity index (χ1) is 11.8. The molecule has 0 fully saturated rings. The molecule has 0 heterocycles. The molecule has 0 saturated heterocycles. The highest BCUT2D eigenvalue weighted by atomic mass is 19.1. The van der Waals surface area contributed by atoms with Crippen LogP contribution in [-0.4, -0.2) is 12.3 Å². The summed E-state index contributed by atoms with van der Waals surface area (Å²) in [5.74, 6) is 0. The lowest BCUT2D eigenvalue weighted by Gasteiger charge is -2.07. The topological polar surface area (TPSA) is 12.4 Å². The zero-order chi connectivity index (χ0) is 16.8. The molecule has 24 heavy (non-hydrogen) atoms. The molecule has 0 aliphatic carbocycles. The van der Waals surface area contributed by atoms with Gasteiger partial charge in [-0.25, -0.2) is 4.39 Å². The second-order valence-corrected chi connectivity index (χ2v) is 6.05. The zero-order valence-corrected chi connectivity index (χ0v) is 14.0. The third kappa shape index (κ3) is 3.88. The molecule has 0 atom stereocenters. The summed E-state index contributed by atoms with van der Waals surface area (Å²) in [6.45, 7) is 2.46. The number of hydrogen-bond acceptors (Lipinski definition) is 1. The molecule has 0 saturated carbocycles. The predicted molar refractivity (Wildman–Crippen MR) is 101 cm³/mol. The molecule has 0 spiro atoms. The molecule has 0 N–H and O–H groups in total. The van der Waals surface area contributed by atoms with E-state index in [1.54, 1.807) is 0 Å². The molecule has 1 nitrogen and oxygen atoms in total. The van der Waals surface area contributed by atoms with Gasteiger partial charge < -0.3 is 0 Å². The predicted octanol–water partition coefficient (Wildman–Crippen LogP) is 5.75. The fourth-order valence-corrected chi connectivity index (χ4v) is 3.02. The van der Waals surface area contributed by atoms with Crippen LogP contribution >= 0.6 is 0 Å². The van der Waals surface area contributed by atoms with Crippen LogP contribution in [-0.2, 0) is 13.1 Å². The van der Waals surface area contributed by atoms with Crippen molar-refractivity contribution in [3.63, 3.8) is 0 Å². The molecule has 0 aliphatic heterocycles. The number of aryl methyl sites for hydroxylation is 1. The van der Waals surface area contributed by atoms with E-state index in [0.29, 0.717) is 0 Å². The molecule has 122 valence electrons. The Hall–Kier alpha value is -2.48. The van der Waals surface area contributed by atoms with E-state index in [-0.39, 0.29) is 0 Å².